The number of nitriles is 1. The van der Waals surface area contributed by atoms with E-state index in [1.54, 1.807) is 6.07 Å². The second-order valence-corrected chi connectivity index (χ2v) is 3.56. The van der Waals surface area contributed by atoms with Crippen molar-refractivity contribution in [2.45, 2.75) is 12.2 Å². The third-order valence-corrected chi connectivity index (χ3v) is 2.31. The predicted molar refractivity (Wildman–Crippen MR) is 48.2 cm³/mol. The van der Waals surface area contributed by atoms with Crippen molar-refractivity contribution >= 4 is 23.6 Å². The molecule has 0 aromatic heterocycles. The van der Waals surface area contributed by atoms with Crippen LogP contribution in [0.1, 0.15) is 6.92 Å². The van der Waals surface area contributed by atoms with Crippen LogP contribution in [0.4, 0.5) is 0 Å². The molecule has 0 aliphatic carbocycles. The molecule has 2 N–H and O–H groups in total. The maximum atomic E-state index is 10.9. The molecule has 5 nitrogen and oxygen atoms in total. The summed E-state index contributed by atoms with van der Waals surface area (Å²) in [5.41, 5.74) is 0. The smallest absolute Gasteiger partial charge is 0.316 e. The predicted octanol–water partition coefficient (Wildman–Crippen LogP) is -0.168. The van der Waals surface area contributed by atoms with E-state index in [4.69, 9.17) is 10.4 Å². The van der Waals surface area contributed by atoms with Crippen molar-refractivity contribution in [1.82, 2.24) is 5.32 Å². The lowest BCUT2D eigenvalue weighted by atomic mass is 10.5. The van der Waals surface area contributed by atoms with Gasteiger partial charge in [-0.3, -0.25) is 9.59 Å². The quantitative estimate of drug-likeness (QED) is 0.604. The van der Waals surface area contributed by atoms with Crippen LogP contribution in [0.2, 0.25) is 0 Å². The zero-order valence-corrected chi connectivity index (χ0v) is 7.93. The molecule has 0 aliphatic rings. The third-order valence-electron chi connectivity index (χ3n) is 1.18. The molecule has 0 aliphatic heterocycles. The molecule has 0 rings (SSSR count). The van der Waals surface area contributed by atoms with E-state index in [9.17, 15) is 9.59 Å². The maximum Gasteiger partial charge on any atom is 0.316 e. The fourth-order valence-corrected chi connectivity index (χ4v) is 1.11. The van der Waals surface area contributed by atoms with E-state index in [0.29, 0.717) is 0 Å². The minimum atomic E-state index is -0.946. The second kappa shape index (κ2) is 6.31. The van der Waals surface area contributed by atoms with Gasteiger partial charge in [0.2, 0.25) is 5.91 Å². The number of hydrogen-bond acceptors (Lipinski definition) is 4. The number of rotatable bonds is 5. The molecular formula is C7H10N2O3S. The summed E-state index contributed by atoms with van der Waals surface area (Å²) in [6.45, 7) is 1.46. The van der Waals surface area contributed by atoms with Gasteiger partial charge in [0.05, 0.1) is 17.1 Å². The first-order valence-electron chi connectivity index (χ1n) is 3.56. The molecule has 13 heavy (non-hydrogen) atoms. The number of hydrogen-bond donors (Lipinski definition) is 2. The van der Waals surface area contributed by atoms with Crippen molar-refractivity contribution in [3.05, 3.63) is 0 Å². The number of nitrogens with one attached hydrogen (secondary N) is 1. The summed E-state index contributed by atoms with van der Waals surface area (Å²) in [4.78, 5) is 21.2. The summed E-state index contributed by atoms with van der Waals surface area (Å²) in [7, 11) is 0. The van der Waals surface area contributed by atoms with Crippen LogP contribution in [0, 0.1) is 11.3 Å². The Morgan fingerprint density at radius 3 is 2.77 bits per heavy atom. The molecule has 0 bridgehead atoms. The SMILES string of the molecule is CC(SCC(=O)NCC#N)C(=O)O. The summed E-state index contributed by atoms with van der Waals surface area (Å²) in [5.74, 6) is -1.20. The van der Waals surface area contributed by atoms with Crippen LogP contribution in [-0.4, -0.2) is 34.5 Å². The van der Waals surface area contributed by atoms with Gasteiger partial charge in [0.1, 0.15) is 6.54 Å². The molecule has 1 amide bonds. The van der Waals surface area contributed by atoms with Gasteiger partial charge in [-0.25, -0.2) is 0 Å². The Bertz CT molecular complexity index is 236. The van der Waals surface area contributed by atoms with Gasteiger partial charge in [-0.15, -0.1) is 11.8 Å². The molecule has 0 radical (unpaired) electrons. The molecule has 0 aromatic carbocycles. The highest BCUT2D eigenvalue weighted by molar-refractivity contribution is 8.01. The van der Waals surface area contributed by atoms with Gasteiger partial charge in [0, 0.05) is 0 Å². The van der Waals surface area contributed by atoms with E-state index in [-0.39, 0.29) is 18.2 Å². The number of amides is 1. The fraction of sp³-hybridized carbons (Fsp3) is 0.571. The summed E-state index contributed by atoms with van der Waals surface area (Å²) >= 11 is 1.02. The van der Waals surface area contributed by atoms with Crippen molar-refractivity contribution in [2.75, 3.05) is 12.3 Å². The Hall–Kier alpha value is -1.22. The summed E-state index contributed by atoms with van der Waals surface area (Å²) in [6.07, 6.45) is 0. The van der Waals surface area contributed by atoms with E-state index >= 15 is 0 Å². The van der Waals surface area contributed by atoms with E-state index < -0.39 is 11.2 Å². The average Bonchev–Trinajstić information content (AvgIpc) is 2.10. The Morgan fingerprint density at radius 1 is 1.69 bits per heavy atom. The minimum absolute atomic E-state index is 0.0408. The highest BCUT2D eigenvalue weighted by atomic mass is 32.2. The molecule has 0 saturated carbocycles. The first-order chi connectivity index (χ1) is 6.07. The third kappa shape index (κ3) is 5.99. The first-order valence-corrected chi connectivity index (χ1v) is 4.61. The largest absolute Gasteiger partial charge is 0.480 e. The van der Waals surface area contributed by atoms with Gasteiger partial charge in [-0.2, -0.15) is 5.26 Å². The number of aliphatic carboxylic acids is 1. The standard InChI is InChI=1S/C7H10N2O3S/c1-5(7(11)12)13-4-6(10)9-3-2-8/h5H,3-4H2,1H3,(H,9,10)(H,11,12). The van der Waals surface area contributed by atoms with Gasteiger partial charge in [-0.1, -0.05) is 0 Å². The number of thioether (sulfide) groups is 1. The van der Waals surface area contributed by atoms with Crippen LogP contribution in [-0.2, 0) is 9.59 Å². The fourth-order valence-electron chi connectivity index (χ4n) is 0.461. The van der Waals surface area contributed by atoms with Crippen molar-refractivity contribution in [3.8, 4) is 6.07 Å². The number of carboxylic acids is 1. The lowest BCUT2D eigenvalue weighted by Crippen LogP contribution is -2.27. The van der Waals surface area contributed by atoms with Crippen molar-refractivity contribution < 1.29 is 14.7 Å². The zero-order valence-electron chi connectivity index (χ0n) is 7.11. The Morgan fingerprint density at radius 2 is 2.31 bits per heavy atom. The second-order valence-electron chi connectivity index (χ2n) is 2.23. The molecule has 0 aromatic rings. The topological polar surface area (TPSA) is 90.2 Å². The van der Waals surface area contributed by atoms with Crippen molar-refractivity contribution in [2.24, 2.45) is 0 Å². The average molecular weight is 202 g/mol. The van der Waals surface area contributed by atoms with E-state index in [0.717, 1.165) is 11.8 Å². The monoisotopic (exact) mass is 202 g/mol. The highest BCUT2D eigenvalue weighted by Gasteiger charge is 2.12. The number of nitrogens with zero attached hydrogens (tertiary/aromatic N) is 1. The molecule has 0 saturated heterocycles. The van der Waals surface area contributed by atoms with Gasteiger partial charge >= 0.3 is 5.97 Å². The highest BCUT2D eigenvalue weighted by Crippen LogP contribution is 2.09. The van der Waals surface area contributed by atoms with Crippen LogP contribution in [0.25, 0.3) is 0 Å². The van der Waals surface area contributed by atoms with Crippen LogP contribution in [0.3, 0.4) is 0 Å². The summed E-state index contributed by atoms with van der Waals surface area (Å²) in [5, 5.41) is 18.3. The molecule has 6 heteroatoms. The molecule has 72 valence electrons. The minimum Gasteiger partial charge on any atom is -0.480 e. The molecule has 0 spiro atoms. The molecule has 1 unspecified atom stereocenters. The van der Waals surface area contributed by atoms with E-state index in [1.807, 2.05) is 0 Å². The molecule has 1 atom stereocenters. The summed E-state index contributed by atoms with van der Waals surface area (Å²) in [6, 6.07) is 1.75. The van der Waals surface area contributed by atoms with Crippen LogP contribution >= 0.6 is 11.8 Å². The van der Waals surface area contributed by atoms with E-state index in [2.05, 4.69) is 5.32 Å². The molecule has 0 heterocycles. The molecular weight excluding hydrogens is 192 g/mol. The van der Waals surface area contributed by atoms with Gasteiger partial charge in [-0.05, 0) is 6.92 Å². The first kappa shape index (κ1) is 11.8. The normalized spacial score (nSPS) is 11.4. The Labute approximate surface area is 80.1 Å². The van der Waals surface area contributed by atoms with Crippen LogP contribution in [0.15, 0.2) is 0 Å². The number of carboxylic acid groups (broad SMARTS) is 1. The number of carbonyl (C=O) groups is 2. The Balaban J connectivity index is 3.59. The van der Waals surface area contributed by atoms with Gasteiger partial charge in [0.25, 0.3) is 0 Å². The summed E-state index contributed by atoms with van der Waals surface area (Å²) < 4.78 is 0. The maximum absolute atomic E-state index is 10.9. The van der Waals surface area contributed by atoms with Gasteiger partial charge < -0.3 is 10.4 Å². The van der Waals surface area contributed by atoms with Crippen LogP contribution < -0.4 is 5.32 Å². The molecule has 0 fully saturated rings. The lowest BCUT2D eigenvalue weighted by molar-refractivity contribution is -0.136. The van der Waals surface area contributed by atoms with Crippen molar-refractivity contribution in [3.63, 3.8) is 0 Å². The van der Waals surface area contributed by atoms with E-state index in [1.165, 1.54) is 6.92 Å². The number of carbonyl (C=O) groups excluding carboxylic acids is 1. The van der Waals surface area contributed by atoms with Crippen molar-refractivity contribution in [1.29, 1.82) is 5.26 Å². The lowest BCUT2D eigenvalue weighted by Gasteiger charge is -2.04. The van der Waals surface area contributed by atoms with Crippen LogP contribution in [0.5, 0.6) is 0 Å². The zero-order chi connectivity index (χ0) is 10.3. The Kier molecular flexibility index (Phi) is 5.72. The van der Waals surface area contributed by atoms with Gasteiger partial charge in [0.15, 0.2) is 0 Å².